The molecule has 0 spiro atoms. The monoisotopic (exact) mass is 348 g/mol. The Morgan fingerprint density at radius 1 is 0.857 bits per heavy atom. The minimum absolute atomic E-state index is 0. The van der Waals surface area contributed by atoms with Gasteiger partial charge in [0.1, 0.15) is 0 Å². The molecule has 0 amide bonds. The molecule has 0 aromatic heterocycles. The van der Waals surface area contributed by atoms with E-state index in [2.05, 4.69) is 11.1 Å². The standard InChI is InChI=1S/C12H26O4S.Na.O2Si/c1-2-3-4-5-6-7-8-9-10-11-12-16-17(13,14)15;;1-3-2/h2-12H2,1H3,(H,13,14,15);;/q;+1;/p-1. The average molecular weight is 348 g/mol. The topological polar surface area (TPSA) is 101 Å². The number of hydrogen-bond acceptors (Lipinski definition) is 6. The third-order valence-corrected chi connectivity index (χ3v) is 3.18. The van der Waals surface area contributed by atoms with Crippen LogP contribution in [0.5, 0.6) is 0 Å². The van der Waals surface area contributed by atoms with E-state index in [9.17, 15) is 13.0 Å². The molecule has 0 radical (unpaired) electrons. The van der Waals surface area contributed by atoms with Crippen LogP contribution in [0.4, 0.5) is 0 Å². The summed E-state index contributed by atoms with van der Waals surface area (Å²) < 4.78 is 51.3. The first-order chi connectivity index (χ1) is 9.47. The van der Waals surface area contributed by atoms with Crippen LogP contribution in [0.25, 0.3) is 0 Å². The molecule has 0 saturated carbocycles. The van der Waals surface area contributed by atoms with Gasteiger partial charge in [0, 0.05) is 0 Å². The van der Waals surface area contributed by atoms with E-state index in [0.717, 1.165) is 12.8 Å². The molecule has 21 heavy (non-hydrogen) atoms. The van der Waals surface area contributed by atoms with Crippen LogP contribution in [0.3, 0.4) is 0 Å². The molecule has 0 aliphatic rings. The molecule has 0 rings (SSSR count). The summed E-state index contributed by atoms with van der Waals surface area (Å²) in [7, 11) is -5.90. The van der Waals surface area contributed by atoms with Crippen molar-refractivity contribution in [1.29, 1.82) is 0 Å². The Kier molecular flexibility index (Phi) is 26.2. The second kappa shape index (κ2) is 20.7. The van der Waals surface area contributed by atoms with Gasteiger partial charge in [-0.25, -0.2) is 8.42 Å². The molecular formula is C12H25NaO6SSi. The minimum Gasteiger partial charge on any atom is -0.726 e. The molecule has 0 saturated heterocycles. The van der Waals surface area contributed by atoms with E-state index < -0.39 is 19.7 Å². The Labute approximate surface area is 152 Å². The van der Waals surface area contributed by atoms with Crippen molar-refractivity contribution < 1.29 is 55.6 Å². The minimum atomic E-state index is -4.48. The summed E-state index contributed by atoms with van der Waals surface area (Å²) in [5, 5.41) is 0. The third-order valence-electron chi connectivity index (χ3n) is 2.73. The molecule has 9 heteroatoms. The molecule has 0 unspecified atom stereocenters. The maximum absolute atomic E-state index is 10.1. The zero-order chi connectivity index (χ0) is 15.7. The molecule has 0 heterocycles. The number of hydrogen-bond donors (Lipinski definition) is 0. The number of rotatable bonds is 12. The van der Waals surface area contributed by atoms with Crippen molar-refractivity contribution in [2.75, 3.05) is 6.61 Å². The van der Waals surface area contributed by atoms with Gasteiger partial charge in [-0.15, -0.1) is 0 Å². The molecule has 0 fully saturated rings. The van der Waals surface area contributed by atoms with Crippen molar-refractivity contribution in [3.05, 3.63) is 0 Å². The summed E-state index contributed by atoms with van der Waals surface area (Å²) in [6.07, 6.45) is 11.7. The fourth-order valence-corrected chi connectivity index (χ4v) is 2.07. The summed E-state index contributed by atoms with van der Waals surface area (Å²) in [6, 6.07) is 0. The normalized spacial score (nSPS) is 10.0. The molecule has 0 aromatic carbocycles. The van der Waals surface area contributed by atoms with Gasteiger partial charge in [-0.3, -0.25) is 13.1 Å². The van der Waals surface area contributed by atoms with E-state index in [1.807, 2.05) is 0 Å². The van der Waals surface area contributed by atoms with Gasteiger partial charge in [0.05, 0.1) is 6.61 Å². The first-order valence-electron chi connectivity index (χ1n) is 7.07. The SMILES string of the molecule is CCCCCCCCCCCCOS(=O)(=O)[O-].O=[Si]=O.[Na+]. The summed E-state index contributed by atoms with van der Waals surface area (Å²) >= 11 is 0. The fourth-order valence-electron chi connectivity index (χ4n) is 1.75. The smallest absolute Gasteiger partial charge is 0.726 e. The van der Waals surface area contributed by atoms with Crippen molar-refractivity contribution in [3.63, 3.8) is 0 Å². The van der Waals surface area contributed by atoms with Crippen LogP contribution < -0.4 is 29.6 Å². The summed E-state index contributed by atoms with van der Waals surface area (Å²) in [5.41, 5.74) is 0. The Bertz CT molecular complexity index is 331. The summed E-state index contributed by atoms with van der Waals surface area (Å²) in [4.78, 5) is 0. The quantitative estimate of drug-likeness (QED) is 0.209. The van der Waals surface area contributed by atoms with Gasteiger partial charge in [0.25, 0.3) is 0 Å². The summed E-state index contributed by atoms with van der Waals surface area (Å²) in [5.74, 6) is 0. The van der Waals surface area contributed by atoms with E-state index in [1.165, 1.54) is 44.9 Å². The van der Waals surface area contributed by atoms with E-state index in [1.54, 1.807) is 0 Å². The Morgan fingerprint density at radius 2 is 1.19 bits per heavy atom. The Balaban J connectivity index is -0.000000740. The third kappa shape index (κ3) is 33.5. The van der Waals surface area contributed by atoms with Gasteiger partial charge >= 0.3 is 38.8 Å². The van der Waals surface area contributed by atoms with Crippen LogP contribution in [0.1, 0.15) is 71.1 Å². The van der Waals surface area contributed by atoms with Gasteiger partial charge in [0.2, 0.25) is 10.4 Å². The molecule has 0 aliphatic heterocycles. The van der Waals surface area contributed by atoms with Crippen LogP contribution in [0.15, 0.2) is 0 Å². The van der Waals surface area contributed by atoms with E-state index in [0.29, 0.717) is 6.42 Å². The Morgan fingerprint density at radius 3 is 1.52 bits per heavy atom. The van der Waals surface area contributed by atoms with Crippen molar-refractivity contribution in [1.82, 2.24) is 0 Å². The van der Waals surface area contributed by atoms with Crippen molar-refractivity contribution >= 4 is 19.7 Å². The van der Waals surface area contributed by atoms with Gasteiger partial charge in [-0.05, 0) is 6.42 Å². The van der Waals surface area contributed by atoms with Gasteiger partial charge < -0.3 is 4.55 Å². The van der Waals surface area contributed by atoms with Gasteiger partial charge in [-0.2, -0.15) is 0 Å². The van der Waals surface area contributed by atoms with Crippen LogP contribution >= 0.6 is 0 Å². The second-order valence-electron chi connectivity index (χ2n) is 4.50. The fraction of sp³-hybridized carbons (Fsp3) is 1.00. The maximum Gasteiger partial charge on any atom is 1.00 e. The van der Waals surface area contributed by atoms with Crippen LogP contribution in [0, 0.1) is 0 Å². The van der Waals surface area contributed by atoms with Crippen LogP contribution in [0.2, 0.25) is 0 Å². The Hall–Kier alpha value is 0.687. The zero-order valence-corrected chi connectivity index (χ0v) is 17.0. The van der Waals surface area contributed by atoms with E-state index in [-0.39, 0.29) is 36.2 Å². The second-order valence-corrected chi connectivity index (χ2v) is 5.71. The first kappa shape index (κ1) is 26.6. The van der Waals surface area contributed by atoms with Crippen molar-refractivity contribution in [2.24, 2.45) is 0 Å². The van der Waals surface area contributed by atoms with E-state index in [4.69, 9.17) is 8.92 Å². The molecular weight excluding hydrogens is 323 g/mol. The predicted molar refractivity (Wildman–Crippen MR) is 74.6 cm³/mol. The van der Waals surface area contributed by atoms with E-state index >= 15 is 0 Å². The van der Waals surface area contributed by atoms with Crippen LogP contribution in [-0.2, 0) is 23.5 Å². The van der Waals surface area contributed by atoms with Crippen molar-refractivity contribution in [2.45, 2.75) is 71.1 Å². The number of unbranched alkanes of at least 4 members (excludes halogenated alkanes) is 9. The maximum atomic E-state index is 10.1. The largest absolute Gasteiger partial charge is 1.00 e. The molecule has 0 aromatic rings. The molecule has 0 aliphatic carbocycles. The van der Waals surface area contributed by atoms with Crippen molar-refractivity contribution in [3.8, 4) is 0 Å². The molecule has 6 nitrogen and oxygen atoms in total. The predicted octanol–water partition coefficient (Wildman–Crippen LogP) is -0.230. The van der Waals surface area contributed by atoms with Crippen LogP contribution in [-0.4, -0.2) is 28.9 Å². The van der Waals surface area contributed by atoms with Gasteiger partial charge in [0.15, 0.2) is 0 Å². The van der Waals surface area contributed by atoms with Gasteiger partial charge in [-0.1, -0.05) is 64.7 Å². The summed E-state index contributed by atoms with van der Waals surface area (Å²) in [6.45, 7) is 2.24. The molecule has 0 bridgehead atoms. The average Bonchev–Trinajstić information content (AvgIpc) is 2.35. The zero-order valence-electron chi connectivity index (χ0n) is 13.1. The molecule has 0 N–H and O–H groups in total. The molecule has 0 atom stereocenters. The first-order valence-corrected chi connectivity index (χ1v) is 9.22. The molecule has 120 valence electrons.